The van der Waals surface area contributed by atoms with E-state index in [2.05, 4.69) is 46.1 Å². The summed E-state index contributed by atoms with van der Waals surface area (Å²) in [5.74, 6) is 0.904. The number of hydrogen-bond donors (Lipinski definition) is 1. The molecule has 0 radical (unpaired) electrons. The first-order chi connectivity index (χ1) is 10.3. The van der Waals surface area contributed by atoms with Gasteiger partial charge in [-0.3, -0.25) is 0 Å². The number of benzene rings is 2. The SMILES string of the molecule is Ic1ccccc1O[C@@H](c1ccccc1)C1CNCCO1. The fraction of sp³-hybridized carbons (Fsp3) is 0.294. The fourth-order valence-electron chi connectivity index (χ4n) is 2.46. The minimum atomic E-state index is -0.102. The normalized spacial score (nSPS) is 20.0. The second kappa shape index (κ2) is 7.24. The van der Waals surface area contributed by atoms with E-state index in [1.54, 1.807) is 0 Å². The summed E-state index contributed by atoms with van der Waals surface area (Å²) in [6.07, 6.45) is -0.0768. The molecule has 0 saturated carbocycles. The Balaban J connectivity index is 1.87. The molecule has 110 valence electrons. The van der Waals surface area contributed by atoms with Gasteiger partial charge in [-0.2, -0.15) is 0 Å². The van der Waals surface area contributed by atoms with Crippen LogP contribution < -0.4 is 10.1 Å². The van der Waals surface area contributed by atoms with Gasteiger partial charge in [0.25, 0.3) is 0 Å². The van der Waals surface area contributed by atoms with Crippen LogP contribution in [-0.2, 0) is 4.74 Å². The fourth-order valence-corrected chi connectivity index (χ4v) is 2.97. The molecule has 1 N–H and O–H groups in total. The average Bonchev–Trinajstić information content (AvgIpc) is 2.56. The van der Waals surface area contributed by atoms with Crippen LogP contribution in [0.15, 0.2) is 54.6 Å². The molecule has 1 fully saturated rings. The van der Waals surface area contributed by atoms with Crippen molar-refractivity contribution in [2.75, 3.05) is 19.7 Å². The van der Waals surface area contributed by atoms with E-state index in [1.807, 2.05) is 36.4 Å². The van der Waals surface area contributed by atoms with Gasteiger partial charge in [-0.05, 0) is 40.3 Å². The second-order valence-corrected chi connectivity index (χ2v) is 6.16. The van der Waals surface area contributed by atoms with E-state index < -0.39 is 0 Å². The highest BCUT2D eigenvalue weighted by Gasteiger charge is 2.28. The smallest absolute Gasteiger partial charge is 0.151 e. The maximum Gasteiger partial charge on any atom is 0.151 e. The van der Waals surface area contributed by atoms with Crippen LogP contribution >= 0.6 is 22.6 Å². The van der Waals surface area contributed by atoms with E-state index in [0.29, 0.717) is 0 Å². The van der Waals surface area contributed by atoms with Gasteiger partial charge >= 0.3 is 0 Å². The molecule has 1 saturated heterocycles. The summed E-state index contributed by atoms with van der Waals surface area (Å²) in [5.41, 5.74) is 1.14. The van der Waals surface area contributed by atoms with Crippen molar-refractivity contribution in [3.63, 3.8) is 0 Å². The predicted octanol–water partition coefficient (Wildman–Crippen LogP) is 3.40. The molecule has 4 heteroatoms. The van der Waals surface area contributed by atoms with E-state index in [9.17, 15) is 0 Å². The number of ether oxygens (including phenoxy) is 2. The lowest BCUT2D eigenvalue weighted by Gasteiger charge is -2.31. The highest BCUT2D eigenvalue weighted by molar-refractivity contribution is 14.1. The van der Waals surface area contributed by atoms with E-state index in [-0.39, 0.29) is 12.2 Å². The Morgan fingerprint density at radius 2 is 1.86 bits per heavy atom. The Morgan fingerprint density at radius 1 is 1.10 bits per heavy atom. The first-order valence-electron chi connectivity index (χ1n) is 7.13. The molecule has 0 spiro atoms. The molecule has 0 bridgehead atoms. The second-order valence-electron chi connectivity index (χ2n) is 4.99. The third-order valence-corrected chi connectivity index (χ3v) is 4.40. The van der Waals surface area contributed by atoms with E-state index >= 15 is 0 Å². The molecule has 2 atom stereocenters. The van der Waals surface area contributed by atoms with Crippen molar-refractivity contribution in [1.29, 1.82) is 0 Å². The maximum absolute atomic E-state index is 6.30. The Labute approximate surface area is 138 Å². The van der Waals surface area contributed by atoms with Crippen LogP contribution in [0.1, 0.15) is 11.7 Å². The lowest BCUT2D eigenvalue weighted by atomic mass is 10.0. The zero-order chi connectivity index (χ0) is 14.5. The van der Waals surface area contributed by atoms with Gasteiger partial charge in [0.05, 0.1) is 10.2 Å². The van der Waals surface area contributed by atoms with Crippen LogP contribution in [0.3, 0.4) is 0 Å². The van der Waals surface area contributed by atoms with Crippen molar-refractivity contribution < 1.29 is 9.47 Å². The van der Waals surface area contributed by atoms with Gasteiger partial charge < -0.3 is 14.8 Å². The molecule has 0 aliphatic carbocycles. The molecule has 21 heavy (non-hydrogen) atoms. The van der Waals surface area contributed by atoms with Gasteiger partial charge in [0.15, 0.2) is 6.10 Å². The van der Waals surface area contributed by atoms with Crippen LogP contribution in [0.5, 0.6) is 5.75 Å². The lowest BCUT2D eigenvalue weighted by molar-refractivity contribution is -0.0435. The monoisotopic (exact) mass is 395 g/mol. The third kappa shape index (κ3) is 3.75. The minimum Gasteiger partial charge on any atom is -0.482 e. The molecule has 0 amide bonds. The first-order valence-corrected chi connectivity index (χ1v) is 8.21. The van der Waals surface area contributed by atoms with Crippen molar-refractivity contribution in [3.05, 3.63) is 63.7 Å². The Kier molecular flexibility index (Phi) is 5.11. The number of morpholine rings is 1. The molecule has 1 unspecified atom stereocenters. The zero-order valence-corrected chi connectivity index (χ0v) is 13.8. The Bertz CT molecular complexity index is 570. The quantitative estimate of drug-likeness (QED) is 0.806. The van der Waals surface area contributed by atoms with Gasteiger partial charge in [0.2, 0.25) is 0 Å². The summed E-state index contributed by atoms with van der Waals surface area (Å²) >= 11 is 2.30. The van der Waals surface area contributed by atoms with Crippen LogP contribution in [-0.4, -0.2) is 25.8 Å². The summed E-state index contributed by atoms with van der Waals surface area (Å²) in [7, 11) is 0. The number of hydrogen-bond acceptors (Lipinski definition) is 3. The highest BCUT2D eigenvalue weighted by atomic mass is 127. The van der Waals surface area contributed by atoms with E-state index in [0.717, 1.165) is 34.6 Å². The summed E-state index contributed by atoms with van der Waals surface area (Å²) in [6.45, 7) is 2.44. The lowest BCUT2D eigenvalue weighted by Crippen LogP contribution is -2.43. The van der Waals surface area contributed by atoms with Gasteiger partial charge in [-0.25, -0.2) is 0 Å². The number of rotatable bonds is 4. The molecule has 2 aromatic rings. The van der Waals surface area contributed by atoms with Crippen LogP contribution in [0.4, 0.5) is 0 Å². The van der Waals surface area contributed by atoms with Crippen molar-refractivity contribution in [1.82, 2.24) is 5.32 Å². The molecule has 3 rings (SSSR count). The van der Waals surface area contributed by atoms with Gasteiger partial charge in [-0.1, -0.05) is 42.5 Å². The molecule has 1 heterocycles. The topological polar surface area (TPSA) is 30.5 Å². The molecular weight excluding hydrogens is 377 g/mol. The van der Waals surface area contributed by atoms with Gasteiger partial charge in [0, 0.05) is 13.1 Å². The molecular formula is C17H18INO2. The molecule has 3 nitrogen and oxygen atoms in total. The zero-order valence-electron chi connectivity index (χ0n) is 11.7. The summed E-state index contributed by atoms with van der Waals surface area (Å²) < 4.78 is 13.3. The van der Waals surface area contributed by atoms with Crippen molar-refractivity contribution in [3.8, 4) is 5.75 Å². The summed E-state index contributed by atoms with van der Waals surface area (Å²) in [5, 5.41) is 3.38. The standard InChI is InChI=1S/C17H18INO2/c18-14-8-4-5-9-15(14)21-17(13-6-2-1-3-7-13)16-12-19-10-11-20-16/h1-9,16-17,19H,10-12H2/t16?,17-/m0/s1. The Hall–Kier alpha value is -1.11. The summed E-state index contributed by atoms with van der Waals surface area (Å²) in [4.78, 5) is 0. The molecule has 1 aliphatic heterocycles. The molecule has 0 aromatic heterocycles. The molecule has 2 aromatic carbocycles. The number of nitrogens with one attached hydrogen (secondary N) is 1. The molecule has 1 aliphatic rings. The Morgan fingerprint density at radius 3 is 2.57 bits per heavy atom. The van der Waals surface area contributed by atoms with Crippen molar-refractivity contribution >= 4 is 22.6 Å². The average molecular weight is 395 g/mol. The number of halogens is 1. The van der Waals surface area contributed by atoms with Crippen LogP contribution in [0, 0.1) is 3.57 Å². The van der Waals surface area contributed by atoms with Gasteiger partial charge in [-0.15, -0.1) is 0 Å². The predicted molar refractivity (Wildman–Crippen MR) is 91.6 cm³/mol. The first kappa shape index (κ1) is 14.8. The largest absolute Gasteiger partial charge is 0.482 e. The number of para-hydroxylation sites is 1. The summed E-state index contributed by atoms with van der Waals surface area (Å²) in [6, 6.07) is 18.4. The highest BCUT2D eigenvalue weighted by Crippen LogP contribution is 2.30. The van der Waals surface area contributed by atoms with Crippen LogP contribution in [0.2, 0.25) is 0 Å². The van der Waals surface area contributed by atoms with E-state index in [4.69, 9.17) is 9.47 Å². The van der Waals surface area contributed by atoms with Gasteiger partial charge in [0.1, 0.15) is 11.9 Å². The van der Waals surface area contributed by atoms with Crippen molar-refractivity contribution in [2.24, 2.45) is 0 Å². The maximum atomic E-state index is 6.30. The van der Waals surface area contributed by atoms with Crippen LogP contribution in [0.25, 0.3) is 0 Å². The van der Waals surface area contributed by atoms with Crippen molar-refractivity contribution in [2.45, 2.75) is 12.2 Å². The third-order valence-electron chi connectivity index (χ3n) is 3.51. The minimum absolute atomic E-state index is 0.0251. The van der Waals surface area contributed by atoms with E-state index in [1.165, 1.54) is 0 Å².